The molecule has 0 radical (unpaired) electrons. The number of benzene rings is 2. The number of carbonyl (C=O) groups is 1. The number of carbonyl (C=O) groups excluding carboxylic acids is 1. The summed E-state index contributed by atoms with van der Waals surface area (Å²) in [5.41, 5.74) is 2.53. The fraction of sp³-hybridized carbons (Fsp3) is 0.118. The molecule has 0 aromatic heterocycles. The minimum absolute atomic E-state index is 0.0291. The van der Waals surface area contributed by atoms with Gasteiger partial charge in [-0.25, -0.2) is 0 Å². The number of ketones is 1. The molecule has 1 N–H and O–H groups in total. The van der Waals surface area contributed by atoms with Gasteiger partial charge < -0.3 is 10.1 Å². The van der Waals surface area contributed by atoms with Gasteiger partial charge >= 0.3 is 0 Å². The summed E-state index contributed by atoms with van der Waals surface area (Å²) < 4.78 is 5.24. The SMILES string of the molecule is CNc1ccc(C(=O)/C=C/c2ccccc2OC)cc1. The lowest BCUT2D eigenvalue weighted by Crippen LogP contribution is -1.95. The third-order valence-electron chi connectivity index (χ3n) is 3.01. The first-order valence-corrected chi connectivity index (χ1v) is 6.38. The van der Waals surface area contributed by atoms with Crippen molar-refractivity contribution in [2.75, 3.05) is 19.5 Å². The zero-order valence-electron chi connectivity index (χ0n) is 11.6. The Balaban J connectivity index is 2.15. The van der Waals surface area contributed by atoms with E-state index in [0.29, 0.717) is 5.56 Å². The summed E-state index contributed by atoms with van der Waals surface area (Å²) in [6.45, 7) is 0. The number of hydrogen-bond acceptors (Lipinski definition) is 3. The minimum atomic E-state index is -0.0291. The maximum atomic E-state index is 12.1. The first-order chi connectivity index (χ1) is 9.74. The van der Waals surface area contributed by atoms with Crippen molar-refractivity contribution in [3.05, 3.63) is 65.7 Å². The topological polar surface area (TPSA) is 38.3 Å². The van der Waals surface area contributed by atoms with Gasteiger partial charge in [0.25, 0.3) is 0 Å². The largest absolute Gasteiger partial charge is 0.496 e. The molecule has 0 aliphatic heterocycles. The van der Waals surface area contributed by atoms with E-state index < -0.39 is 0 Å². The van der Waals surface area contributed by atoms with Crippen molar-refractivity contribution in [1.29, 1.82) is 0 Å². The predicted molar refractivity (Wildman–Crippen MR) is 82.3 cm³/mol. The lowest BCUT2D eigenvalue weighted by Gasteiger charge is -2.03. The van der Waals surface area contributed by atoms with Gasteiger partial charge in [-0.1, -0.05) is 18.2 Å². The Labute approximate surface area is 118 Å². The molecule has 2 rings (SSSR count). The second kappa shape index (κ2) is 6.57. The van der Waals surface area contributed by atoms with Crippen molar-refractivity contribution in [1.82, 2.24) is 0 Å². The summed E-state index contributed by atoms with van der Waals surface area (Å²) in [5.74, 6) is 0.723. The zero-order chi connectivity index (χ0) is 14.4. The first-order valence-electron chi connectivity index (χ1n) is 6.38. The fourth-order valence-corrected chi connectivity index (χ4v) is 1.87. The first kappa shape index (κ1) is 13.9. The van der Waals surface area contributed by atoms with E-state index in [4.69, 9.17) is 4.74 Å². The molecule has 3 heteroatoms. The highest BCUT2D eigenvalue weighted by atomic mass is 16.5. The Morgan fingerprint density at radius 2 is 1.80 bits per heavy atom. The van der Waals surface area contributed by atoms with Crippen LogP contribution < -0.4 is 10.1 Å². The second-order valence-corrected chi connectivity index (χ2v) is 4.27. The van der Waals surface area contributed by atoms with Crippen molar-refractivity contribution >= 4 is 17.5 Å². The van der Waals surface area contributed by atoms with Gasteiger partial charge in [-0.05, 0) is 42.5 Å². The van der Waals surface area contributed by atoms with Crippen LogP contribution in [0.1, 0.15) is 15.9 Å². The van der Waals surface area contributed by atoms with Gasteiger partial charge in [0.15, 0.2) is 5.78 Å². The average Bonchev–Trinajstić information content (AvgIpc) is 2.53. The zero-order valence-corrected chi connectivity index (χ0v) is 11.6. The van der Waals surface area contributed by atoms with Crippen LogP contribution in [0.3, 0.4) is 0 Å². The lowest BCUT2D eigenvalue weighted by atomic mass is 10.1. The average molecular weight is 267 g/mol. The van der Waals surface area contributed by atoms with Gasteiger partial charge in [0.05, 0.1) is 7.11 Å². The molecule has 0 heterocycles. The Morgan fingerprint density at radius 3 is 2.45 bits per heavy atom. The van der Waals surface area contributed by atoms with Crippen LogP contribution in [0.4, 0.5) is 5.69 Å². The van der Waals surface area contributed by atoms with Gasteiger partial charge in [0, 0.05) is 23.9 Å². The van der Waals surface area contributed by atoms with Gasteiger partial charge in [0.2, 0.25) is 0 Å². The molecule has 0 saturated heterocycles. The Morgan fingerprint density at radius 1 is 1.10 bits per heavy atom. The van der Waals surface area contributed by atoms with Crippen molar-refractivity contribution in [3.63, 3.8) is 0 Å². The molecule has 0 spiro atoms. The number of ether oxygens (including phenoxy) is 1. The highest BCUT2D eigenvalue weighted by Crippen LogP contribution is 2.19. The normalized spacial score (nSPS) is 10.5. The van der Waals surface area contributed by atoms with E-state index in [9.17, 15) is 4.79 Å². The lowest BCUT2D eigenvalue weighted by molar-refractivity contribution is 0.104. The van der Waals surface area contributed by atoms with Crippen LogP contribution in [0.2, 0.25) is 0 Å². The second-order valence-electron chi connectivity index (χ2n) is 4.27. The quantitative estimate of drug-likeness (QED) is 0.664. The Hall–Kier alpha value is -2.55. The Bertz CT molecular complexity index is 615. The number of anilines is 1. The van der Waals surface area contributed by atoms with Crippen molar-refractivity contribution in [2.24, 2.45) is 0 Å². The number of rotatable bonds is 5. The third-order valence-corrected chi connectivity index (χ3v) is 3.01. The van der Waals surface area contributed by atoms with E-state index in [-0.39, 0.29) is 5.78 Å². The van der Waals surface area contributed by atoms with Crippen molar-refractivity contribution in [2.45, 2.75) is 0 Å². The molecule has 0 amide bonds. The van der Waals surface area contributed by atoms with Gasteiger partial charge in [0.1, 0.15) is 5.75 Å². The maximum absolute atomic E-state index is 12.1. The molecule has 0 unspecified atom stereocenters. The third kappa shape index (κ3) is 3.26. The number of allylic oxidation sites excluding steroid dienone is 1. The summed E-state index contributed by atoms with van der Waals surface area (Å²) in [4.78, 5) is 12.1. The molecule has 20 heavy (non-hydrogen) atoms. The van der Waals surface area contributed by atoms with E-state index in [1.54, 1.807) is 31.4 Å². The van der Waals surface area contributed by atoms with E-state index >= 15 is 0 Å². The summed E-state index contributed by atoms with van der Waals surface area (Å²) >= 11 is 0. The van der Waals surface area contributed by atoms with Crippen molar-refractivity contribution < 1.29 is 9.53 Å². The molecule has 3 nitrogen and oxygen atoms in total. The summed E-state index contributed by atoms with van der Waals surface area (Å²) in [7, 11) is 3.46. The molecule has 0 aliphatic carbocycles. The van der Waals surface area contributed by atoms with E-state index in [0.717, 1.165) is 17.0 Å². The number of nitrogens with one attached hydrogen (secondary N) is 1. The molecule has 2 aromatic rings. The molecule has 0 atom stereocenters. The van der Waals surface area contributed by atoms with Crippen LogP contribution in [0.25, 0.3) is 6.08 Å². The standard InChI is InChI=1S/C17H17NO2/c1-18-15-10-7-13(8-11-15)16(19)12-9-14-5-3-4-6-17(14)20-2/h3-12,18H,1-2H3/b12-9+. The molecule has 0 saturated carbocycles. The highest BCUT2D eigenvalue weighted by molar-refractivity contribution is 6.07. The monoisotopic (exact) mass is 267 g/mol. The number of methoxy groups -OCH3 is 1. The molecule has 0 aliphatic rings. The van der Waals surface area contributed by atoms with Crippen LogP contribution >= 0.6 is 0 Å². The predicted octanol–water partition coefficient (Wildman–Crippen LogP) is 3.63. The molecule has 2 aromatic carbocycles. The molecule has 102 valence electrons. The number of para-hydroxylation sites is 1. The van der Waals surface area contributed by atoms with Crippen LogP contribution in [0.5, 0.6) is 5.75 Å². The molecule has 0 bridgehead atoms. The molecular formula is C17H17NO2. The van der Waals surface area contributed by atoms with Gasteiger partial charge in [-0.2, -0.15) is 0 Å². The van der Waals surface area contributed by atoms with Crippen molar-refractivity contribution in [3.8, 4) is 5.75 Å². The summed E-state index contributed by atoms with van der Waals surface area (Å²) in [6, 6.07) is 15.0. The van der Waals surface area contributed by atoms with E-state index in [1.807, 2.05) is 43.4 Å². The smallest absolute Gasteiger partial charge is 0.185 e. The number of hydrogen-bond donors (Lipinski definition) is 1. The maximum Gasteiger partial charge on any atom is 0.185 e. The summed E-state index contributed by atoms with van der Waals surface area (Å²) in [5, 5.41) is 3.02. The molecule has 0 fully saturated rings. The van der Waals surface area contributed by atoms with E-state index in [1.165, 1.54) is 0 Å². The van der Waals surface area contributed by atoms with Gasteiger partial charge in [-0.15, -0.1) is 0 Å². The Kier molecular flexibility index (Phi) is 4.56. The highest BCUT2D eigenvalue weighted by Gasteiger charge is 2.02. The van der Waals surface area contributed by atoms with Gasteiger partial charge in [-0.3, -0.25) is 4.79 Å². The van der Waals surface area contributed by atoms with Crippen LogP contribution in [-0.2, 0) is 0 Å². The molecular weight excluding hydrogens is 250 g/mol. The summed E-state index contributed by atoms with van der Waals surface area (Å²) in [6.07, 6.45) is 3.33. The van der Waals surface area contributed by atoms with E-state index in [2.05, 4.69) is 5.32 Å². The minimum Gasteiger partial charge on any atom is -0.496 e. The van der Waals surface area contributed by atoms with Crippen LogP contribution in [0, 0.1) is 0 Å². The van der Waals surface area contributed by atoms with Crippen LogP contribution in [-0.4, -0.2) is 19.9 Å². The fourth-order valence-electron chi connectivity index (χ4n) is 1.87. The van der Waals surface area contributed by atoms with Crippen LogP contribution in [0.15, 0.2) is 54.6 Å².